The Morgan fingerprint density at radius 1 is 1.45 bits per heavy atom. The summed E-state index contributed by atoms with van der Waals surface area (Å²) in [5, 5.41) is 19.9. The molecule has 1 N–H and O–H groups in total. The first-order valence-electron chi connectivity index (χ1n) is 5.68. The number of thiophene rings is 1. The van der Waals surface area contributed by atoms with Gasteiger partial charge in [0.1, 0.15) is 12.4 Å². The number of benzene rings is 1. The van der Waals surface area contributed by atoms with E-state index in [1.807, 2.05) is 0 Å². The fourth-order valence-corrected chi connectivity index (χ4v) is 2.51. The molecule has 2 aromatic rings. The first kappa shape index (κ1) is 14.0. The van der Waals surface area contributed by atoms with Gasteiger partial charge in [-0.2, -0.15) is 0 Å². The molecule has 0 bridgehead atoms. The molecule has 2 rings (SSSR count). The Labute approximate surface area is 118 Å². The van der Waals surface area contributed by atoms with Crippen molar-refractivity contribution in [2.24, 2.45) is 0 Å². The zero-order valence-corrected chi connectivity index (χ0v) is 11.3. The van der Waals surface area contributed by atoms with Crippen molar-refractivity contribution in [3.63, 3.8) is 0 Å². The molecule has 0 aliphatic rings. The normalized spacial score (nSPS) is 10.2. The molecule has 1 aromatic carbocycles. The van der Waals surface area contributed by atoms with E-state index in [4.69, 9.17) is 9.84 Å². The van der Waals surface area contributed by atoms with E-state index in [9.17, 15) is 14.9 Å². The predicted molar refractivity (Wildman–Crippen MR) is 73.4 cm³/mol. The number of nitro benzene ring substituents is 1. The van der Waals surface area contributed by atoms with Gasteiger partial charge in [0, 0.05) is 10.9 Å². The third-order valence-corrected chi connectivity index (χ3v) is 3.61. The number of hydrogen-bond acceptors (Lipinski definition) is 5. The summed E-state index contributed by atoms with van der Waals surface area (Å²) >= 11 is 1.11. The molecule has 0 radical (unpaired) electrons. The average Bonchev–Trinajstić information content (AvgIpc) is 2.78. The van der Waals surface area contributed by atoms with Gasteiger partial charge in [-0.25, -0.2) is 4.79 Å². The van der Waals surface area contributed by atoms with E-state index >= 15 is 0 Å². The molecular weight excluding hydrogens is 282 g/mol. The van der Waals surface area contributed by atoms with Crippen LogP contribution in [0.1, 0.15) is 20.1 Å². The van der Waals surface area contributed by atoms with Crippen molar-refractivity contribution in [3.8, 4) is 5.75 Å². The number of carboxylic acids is 1. The number of ether oxygens (including phenoxy) is 1. The van der Waals surface area contributed by atoms with Crippen molar-refractivity contribution >= 4 is 23.0 Å². The molecule has 20 heavy (non-hydrogen) atoms. The van der Waals surface area contributed by atoms with Crippen LogP contribution in [0.25, 0.3) is 0 Å². The maximum absolute atomic E-state index is 11.0. The summed E-state index contributed by atoms with van der Waals surface area (Å²) in [5.41, 5.74) is 0.356. The molecule has 0 unspecified atom stereocenters. The van der Waals surface area contributed by atoms with Crippen LogP contribution in [-0.2, 0) is 6.61 Å². The molecule has 0 fully saturated rings. The van der Waals surface area contributed by atoms with Gasteiger partial charge in [-0.15, -0.1) is 11.3 Å². The van der Waals surface area contributed by atoms with Crippen molar-refractivity contribution < 1.29 is 19.6 Å². The number of aromatic carboxylic acids is 1. The number of rotatable bonds is 5. The highest BCUT2D eigenvalue weighted by Crippen LogP contribution is 2.30. The Bertz CT molecular complexity index is 665. The lowest BCUT2D eigenvalue weighted by Gasteiger charge is -2.06. The number of para-hydroxylation sites is 1. The van der Waals surface area contributed by atoms with Crippen molar-refractivity contribution in [1.82, 2.24) is 0 Å². The predicted octanol–water partition coefficient (Wildman–Crippen LogP) is 3.24. The van der Waals surface area contributed by atoms with Crippen LogP contribution in [-0.4, -0.2) is 16.0 Å². The van der Waals surface area contributed by atoms with Gasteiger partial charge in [-0.05, 0) is 19.1 Å². The van der Waals surface area contributed by atoms with Gasteiger partial charge in [-0.3, -0.25) is 10.1 Å². The van der Waals surface area contributed by atoms with Crippen molar-refractivity contribution in [2.75, 3.05) is 0 Å². The molecule has 7 heteroatoms. The zero-order valence-electron chi connectivity index (χ0n) is 10.5. The maximum atomic E-state index is 11.0. The maximum Gasteiger partial charge on any atom is 0.349 e. The summed E-state index contributed by atoms with van der Waals surface area (Å²) in [4.78, 5) is 22.3. The second kappa shape index (κ2) is 5.70. The minimum atomic E-state index is -1.07. The Hall–Kier alpha value is -2.41. The van der Waals surface area contributed by atoms with Gasteiger partial charge in [-0.1, -0.05) is 12.1 Å². The first-order valence-corrected chi connectivity index (χ1v) is 6.49. The number of nitrogens with zero attached hydrogens (tertiary/aromatic N) is 1. The highest BCUT2D eigenvalue weighted by atomic mass is 32.1. The third-order valence-electron chi connectivity index (χ3n) is 2.59. The fraction of sp³-hybridized carbons (Fsp3) is 0.154. The van der Waals surface area contributed by atoms with Gasteiger partial charge in [0.15, 0.2) is 4.88 Å². The summed E-state index contributed by atoms with van der Waals surface area (Å²) in [6.07, 6.45) is 0. The molecule has 0 saturated heterocycles. The minimum absolute atomic E-state index is 0.0451. The van der Waals surface area contributed by atoms with E-state index in [2.05, 4.69) is 0 Å². The largest absolute Gasteiger partial charge is 0.487 e. The lowest BCUT2D eigenvalue weighted by Crippen LogP contribution is -2.02. The third kappa shape index (κ3) is 2.94. The van der Waals surface area contributed by atoms with Gasteiger partial charge in [0.25, 0.3) is 5.69 Å². The highest BCUT2D eigenvalue weighted by Gasteiger charge is 2.17. The smallest absolute Gasteiger partial charge is 0.349 e. The lowest BCUT2D eigenvalue weighted by molar-refractivity contribution is -0.385. The van der Waals surface area contributed by atoms with E-state index in [0.29, 0.717) is 5.56 Å². The summed E-state index contributed by atoms with van der Waals surface area (Å²) in [6, 6.07) is 7.82. The highest BCUT2D eigenvalue weighted by molar-refractivity contribution is 7.14. The molecule has 104 valence electrons. The molecule has 0 atom stereocenters. The van der Waals surface area contributed by atoms with Crippen LogP contribution in [0.5, 0.6) is 5.75 Å². The second-order valence-corrected chi connectivity index (χ2v) is 5.29. The number of aryl methyl sites for hydroxylation is 1. The van der Waals surface area contributed by atoms with Gasteiger partial charge in [0.2, 0.25) is 0 Å². The van der Waals surface area contributed by atoms with Crippen molar-refractivity contribution in [2.45, 2.75) is 13.5 Å². The van der Waals surface area contributed by atoms with E-state index < -0.39 is 10.9 Å². The SMILES string of the molecule is Cc1cc(OCc2ccccc2[N+](=O)[O-])c(C(=O)O)s1. The van der Waals surface area contributed by atoms with Crippen LogP contribution >= 0.6 is 11.3 Å². The van der Waals surface area contributed by atoms with Crippen LogP contribution in [0.15, 0.2) is 30.3 Å². The Morgan fingerprint density at radius 2 is 2.15 bits per heavy atom. The van der Waals surface area contributed by atoms with Crippen LogP contribution in [0.4, 0.5) is 5.69 Å². The molecular formula is C13H11NO5S. The Balaban J connectivity index is 2.21. The molecule has 0 saturated carbocycles. The fourth-order valence-electron chi connectivity index (χ4n) is 1.71. The summed E-state index contributed by atoms with van der Waals surface area (Å²) < 4.78 is 5.42. The van der Waals surface area contributed by atoms with E-state index in [1.54, 1.807) is 31.2 Å². The minimum Gasteiger partial charge on any atom is -0.487 e. The average molecular weight is 293 g/mol. The molecule has 0 spiro atoms. The summed E-state index contributed by atoms with van der Waals surface area (Å²) in [7, 11) is 0. The van der Waals surface area contributed by atoms with Crippen LogP contribution in [0.3, 0.4) is 0 Å². The quantitative estimate of drug-likeness (QED) is 0.675. The van der Waals surface area contributed by atoms with Gasteiger partial charge >= 0.3 is 5.97 Å². The summed E-state index contributed by atoms with van der Waals surface area (Å²) in [6.45, 7) is 1.72. The topological polar surface area (TPSA) is 89.7 Å². The second-order valence-electron chi connectivity index (χ2n) is 4.03. The van der Waals surface area contributed by atoms with Crippen molar-refractivity contribution in [3.05, 3.63) is 55.8 Å². The van der Waals surface area contributed by atoms with E-state index in [1.165, 1.54) is 6.07 Å². The van der Waals surface area contributed by atoms with Crippen LogP contribution in [0, 0.1) is 17.0 Å². The standard InChI is InChI=1S/C13H11NO5S/c1-8-6-11(12(20-8)13(15)16)19-7-9-4-2-3-5-10(9)14(17)18/h2-6H,7H2,1H3,(H,15,16). The summed E-state index contributed by atoms with van der Waals surface area (Å²) in [5.74, 6) is -0.834. The Morgan fingerprint density at radius 3 is 2.80 bits per heavy atom. The lowest BCUT2D eigenvalue weighted by atomic mass is 10.2. The Kier molecular flexibility index (Phi) is 3.99. The first-order chi connectivity index (χ1) is 9.49. The van der Waals surface area contributed by atoms with E-state index in [-0.39, 0.29) is 22.9 Å². The molecule has 1 aromatic heterocycles. The van der Waals surface area contributed by atoms with Crippen molar-refractivity contribution in [1.29, 1.82) is 0 Å². The molecule has 0 aliphatic heterocycles. The van der Waals surface area contributed by atoms with Crippen LogP contribution < -0.4 is 4.74 Å². The molecule has 0 aliphatic carbocycles. The van der Waals surface area contributed by atoms with Crippen LogP contribution in [0.2, 0.25) is 0 Å². The monoisotopic (exact) mass is 293 g/mol. The molecule has 1 heterocycles. The van der Waals surface area contributed by atoms with Gasteiger partial charge < -0.3 is 9.84 Å². The van der Waals surface area contributed by atoms with Gasteiger partial charge in [0.05, 0.1) is 10.5 Å². The zero-order chi connectivity index (χ0) is 14.7. The number of hydrogen-bond donors (Lipinski definition) is 1. The number of nitro groups is 1. The van der Waals surface area contributed by atoms with E-state index in [0.717, 1.165) is 16.2 Å². The number of carbonyl (C=O) groups is 1. The molecule has 6 nitrogen and oxygen atoms in total. The number of carboxylic acid groups (broad SMARTS) is 1. The molecule has 0 amide bonds.